The van der Waals surface area contributed by atoms with Gasteiger partial charge in [0, 0.05) is 45.3 Å². The molecule has 7 nitrogen and oxygen atoms in total. The lowest BCUT2D eigenvalue weighted by atomic mass is 9.96. The van der Waals surface area contributed by atoms with Gasteiger partial charge in [-0.3, -0.25) is 4.79 Å². The summed E-state index contributed by atoms with van der Waals surface area (Å²) in [5.41, 5.74) is 1.19. The molecular formula is C19H25N5O2. The molecule has 0 bridgehead atoms. The summed E-state index contributed by atoms with van der Waals surface area (Å²) in [7, 11) is 1.82. The van der Waals surface area contributed by atoms with Gasteiger partial charge in [0.15, 0.2) is 0 Å². The maximum Gasteiger partial charge on any atom is 0.241 e. The average molecular weight is 355 g/mol. The molecule has 26 heavy (non-hydrogen) atoms. The number of likely N-dealkylation sites (N-methyl/N-ethyl adjacent to an activating group) is 1. The number of carbonyl (C=O) groups excluding carboxylic acids is 1. The van der Waals surface area contributed by atoms with Crippen LogP contribution in [0, 0.1) is 0 Å². The van der Waals surface area contributed by atoms with Gasteiger partial charge in [0.1, 0.15) is 18.0 Å². The molecule has 1 saturated heterocycles. The van der Waals surface area contributed by atoms with Crippen LogP contribution in [0.5, 0.6) is 0 Å². The molecule has 138 valence electrons. The lowest BCUT2D eigenvalue weighted by Gasteiger charge is -2.32. The van der Waals surface area contributed by atoms with Gasteiger partial charge in [0.2, 0.25) is 5.91 Å². The number of rotatable bonds is 7. The van der Waals surface area contributed by atoms with E-state index in [2.05, 4.69) is 27.4 Å². The highest BCUT2D eigenvalue weighted by Gasteiger charge is 2.22. The molecule has 3 rings (SSSR count). The zero-order chi connectivity index (χ0) is 18.4. The van der Waals surface area contributed by atoms with Crippen molar-refractivity contribution in [1.29, 1.82) is 0 Å². The predicted octanol–water partition coefficient (Wildman–Crippen LogP) is 1.33. The third-order valence-corrected chi connectivity index (χ3v) is 4.71. The second-order valence-electron chi connectivity index (χ2n) is 6.50. The minimum absolute atomic E-state index is 0.0939. The van der Waals surface area contributed by atoms with Gasteiger partial charge in [0.25, 0.3) is 0 Å². The Bertz CT molecular complexity index is 725. The number of nitrogens with zero attached hydrogens (tertiary/aromatic N) is 4. The number of amides is 1. The van der Waals surface area contributed by atoms with Gasteiger partial charge >= 0.3 is 0 Å². The van der Waals surface area contributed by atoms with E-state index in [4.69, 9.17) is 0 Å². The van der Waals surface area contributed by atoms with Crippen LogP contribution in [-0.2, 0) is 4.79 Å². The Morgan fingerprint density at radius 3 is 2.77 bits per heavy atom. The third-order valence-electron chi connectivity index (χ3n) is 4.71. The average Bonchev–Trinajstić information content (AvgIpc) is 2.68. The molecule has 1 unspecified atom stereocenters. The van der Waals surface area contributed by atoms with Crippen LogP contribution in [0.1, 0.15) is 17.9 Å². The highest BCUT2D eigenvalue weighted by Crippen LogP contribution is 2.21. The number of benzene rings is 1. The molecule has 1 fully saturated rings. The van der Waals surface area contributed by atoms with Crippen molar-refractivity contribution < 1.29 is 9.90 Å². The van der Waals surface area contributed by atoms with Gasteiger partial charge in [-0.15, -0.1) is 0 Å². The SMILES string of the molecule is CN1CCN(c2cc(NCC(CCO)c3ccccc3)ncn2)CC1=O. The van der Waals surface area contributed by atoms with Gasteiger partial charge in [-0.2, -0.15) is 0 Å². The first-order valence-corrected chi connectivity index (χ1v) is 8.88. The van der Waals surface area contributed by atoms with Crippen LogP contribution in [-0.4, -0.2) is 65.7 Å². The van der Waals surface area contributed by atoms with Crippen LogP contribution in [0.2, 0.25) is 0 Å². The summed E-state index contributed by atoms with van der Waals surface area (Å²) in [5.74, 6) is 1.77. The van der Waals surface area contributed by atoms with Crippen molar-refractivity contribution in [3.63, 3.8) is 0 Å². The van der Waals surface area contributed by atoms with Crippen LogP contribution in [0.4, 0.5) is 11.6 Å². The third kappa shape index (κ3) is 4.49. The number of piperazine rings is 1. The smallest absolute Gasteiger partial charge is 0.241 e. The summed E-state index contributed by atoms with van der Waals surface area (Å²) >= 11 is 0. The van der Waals surface area contributed by atoms with Crippen LogP contribution >= 0.6 is 0 Å². The number of carbonyl (C=O) groups is 1. The molecule has 2 heterocycles. The zero-order valence-electron chi connectivity index (χ0n) is 15.0. The minimum atomic E-state index is 0.0939. The van der Waals surface area contributed by atoms with Gasteiger partial charge in [-0.1, -0.05) is 30.3 Å². The van der Waals surface area contributed by atoms with E-state index in [-0.39, 0.29) is 18.4 Å². The molecule has 1 amide bonds. The maximum absolute atomic E-state index is 11.9. The molecule has 2 aromatic rings. The van der Waals surface area contributed by atoms with E-state index in [9.17, 15) is 9.90 Å². The number of hydrogen-bond donors (Lipinski definition) is 2. The van der Waals surface area contributed by atoms with Crippen molar-refractivity contribution in [3.8, 4) is 0 Å². The number of aromatic nitrogens is 2. The minimum Gasteiger partial charge on any atom is -0.396 e. The fourth-order valence-electron chi connectivity index (χ4n) is 3.07. The normalized spacial score (nSPS) is 15.8. The van der Waals surface area contributed by atoms with E-state index in [0.29, 0.717) is 26.1 Å². The van der Waals surface area contributed by atoms with Crippen molar-refractivity contribution in [2.75, 3.05) is 50.1 Å². The Morgan fingerprint density at radius 2 is 2.04 bits per heavy atom. The summed E-state index contributed by atoms with van der Waals surface area (Å²) < 4.78 is 0. The highest BCUT2D eigenvalue weighted by atomic mass is 16.3. The Hall–Kier alpha value is -2.67. The lowest BCUT2D eigenvalue weighted by Crippen LogP contribution is -2.48. The van der Waals surface area contributed by atoms with Crippen LogP contribution in [0.3, 0.4) is 0 Å². The molecular weight excluding hydrogens is 330 g/mol. The van der Waals surface area contributed by atoms with Crippen molar-refractivity contribution in [1.82, 2.24) is 14.9 Å². The fourth-order valence-corrected chi connectivity index (χ4v) is 3.07. The predicted molar refractivity (Wildman–Crippen MR) is 101 cm³/mol. The molecule has 0 aliphatic carbocycles. The Labute approximate surface area is 153 Å². The number of aliphatic hydroxyl groups excluding tert-OH is 1. The largest absolute Gasteiger partial charge is 0.396 e. The highest BCUT2D eigenvalue weighted by molar-refractivity contribution is 5.82. The van der Waals surface area contributed by atoms with E-state index >= 15 is 0 Å². The monoisotopic (exact) mass is 355 g/mol. The van der Waals surface area contributed by atoms with E-state index in [1.54, 1.807) is 4.90 Å². The summed E-state index contributed by atoms with van der Waals surface area (Å²) in [6.45, 7) is 2.60. The zero-order valence-corrected chi connectivity index (χ0v) is 15.0. The number of aliphatic hydroxyl groups is 1. The molecule has 7 heteroatoms. The number of hydrogen-bond acceptors (Lipinski definition) is 6. The molecule has 1 atom stereocenters. The molecule has 1 aromatic carbocycles. The Balaban J connectivity index is 1.65. The summed E-state index contributed by atoms with van der Waals surface area (Å²) in [5, 5.41) is 12.7. The van der Waals surface area contributed by atoms with Gasteiger partial charge in [-0.05, 0) is 12.0 Å². The van der Waals surface area contributed by atoms with Gasteiger partial charge in [0.05, 0.1) is 6.54 Å². The fraction of sp³-hybridized carbons (Fsp3) is 0.421. The van der Waals surface area contributed by atoms with Crippen LogP contribution in [0.15, 0.2) is 42.7 Å². The molecule has 0 radical (unpaired) electrons. The number of nitrogens with one attached hydrogen (secondary N) is 1. The Morgan fingerprint density at radius 1 is 1.23 bits per heavy atom. The van der Waals surface area contributed by atoms with Crippen molar-refractivity contribution in [2.45, 2.75) is 12.3 Å². The van der Waals surface area contributed by atoms with E-state index in [0.717, 1.165) is 18.2 Å². The summed E-state index contributed by atoms with van der Waals surface area (Å²) in [4.78, 5) is 24.2. The summed E-state index contributed by atoms with van der Waals surface area (Å²) in [6.07, 6.45) is 2.20. The lowest BCUT2D eigenvalue weighted by molar-refractivity contribution is -0.129. The van der Waals surface area contributed by atoms with Crippen molar-refractivity contribution >= 4 is 17.5 Å². The van der Waals surface area contributed by atoms with E-state index < -0.39 is 0 Å². The maximum atomic E-state index is 11.9. The first-order valence-electron chi connectivity index (χ1n) is 8.88. The second kappa shape index (κ2) is 8.62. The quantitative estimate of drug-likeness (QED) is 0.780. The van der Waals surface area contributed by atoms with Gasteiger partial charge in [-0.25, -0.2) is 9.97 Å². The topological polar surface area (TPSA) is 81.6 Å². The molecule has 2 N–H and O–H groups in total. The van der Waals surface area contributed by atoms with Crippen LogP contribution in [0.25, 0.3) is 0 Å². The Kier molecular flexibility index (Phi) is 6.01. The second-order valence-corrected chi connectivity index (χ2v) is 6.50. The first-order chi connectivity index (χ1) is 12.7. The van der Waals surface area contributed by atoms with Crippen LogP contribution < -0.4 is 10.2 Å². The standard InChI is InChI=1S/C19H25N5O2/c1-23-8-9-24(13-19(23)26)18-11-17(21-14-22-18)20-12-16(7-10-25)15-5-3-2-4-6-15/h2-6,11,14,16,25H,7-10,12-13H2,1H3,(H,20,21,22). The molecule has 1 aliphatic rings. The molecule has 1 aliphatic heterocycles. The van der Waals surface area contributed by atoms with Crippen molar-refractivity contribution in [2.24, 2.45) is 0 Å². The van der Waals surface area contributed by atoms with Gasteiger partial charge < -0.3 is 20.2 Å². The first kappa shape index (κ1) is 18.1. The molecule has 0 spiro atoms. The molecule has 0 saturated carbocycles. The summed E-state index contributed by atoms with van der Waals surface area (Å²) in [6, 6.07) is 12.0. The molecule has 1 aromatic heterocycles. The number of anilines is 2. The van der Waals surface area contributed by atoms with E-state index in [1.165, 1.54) is 11.9 Å². The van der Waals surface area contributed by atoms with E-state index in [1.807, 2.05) is 36.2 Å². The van der Waals surface area contributed by atoms with Crippen molar-refractivity contribution in [3.05, 3.63) is 48.3 Å².